The number of carbonyl (C=O) groups is 2. The first-order valence-corrected chi connectivity index (χ1v) is 6.66. The van der Waals surface area contributed by atoms with Gasteiger partial charge in [-0.1, -0.05) is 25.5 Å². The van der Waals surface area contributed by atoms with E-state index in [0.717, 1.165) is 11.1 Å². The summed E-state index contributed by atoms with van der Waals surface area (Å²) >= 11 is 0. The van der Waals surface area contributed by atoms with Crippen molar-refractivity contribution < 1.29 is 19.4 Å². The minimum atomic E-state index is -1.02. The van der Waals surface area contributed by atoms with Gasteiger partial charge in [-0.05, 0) is 37.5 Å². The smallest absolute Gasteiger partial charge is 0.326 e. The molecule has 0 aliphatic rings. The predicted molar refractivity (Wildman–Crippen MR) is 75.9 cm³/mol. The Hall–Kier alpha value is -2.04. The molecule has 0 aromatic heterocycles. The van der Waals surface area contributed by atoms with Crippen LogP contribution in [0.15, 0.2) is 18.2 Å². The molecule has 0 unspecified atom stereocenters. The Morgan fingerprint density at radius 2 is 2.05 bits per heavy atom. The van der Waals surface area contributed by atoms with Gasteiger partial charge in [-0.15, -0.1) is 0 Å². The molecule has 2 N–H and O–H groups in total. The summed E-state index contributed by atoms with van der Waals surface area (Å²) in [5.41, 5.74) is 2.06. The third-order valence-corrected chi connectivity index (χ3v) is 3.12. The molecule has 5 nitrogen and oxygen atoms in total. The standard InChI is InChI=1S/C15H21NO4/c1-4-6-12(15(18)19)16-14(17)9-20-13-8-5-7-10(2)11(13)3/h5,7-8,12H,4,6,9H2,1-3H3,(H,16,17)(H,18,19)/t12-/m1/s1. The molecule has 110 valence electrons. The van der Waals surface area contributed by atoms with Crippen molar-refractivity contribution >= 4 is 11.9 Å². The van der Waals surface area contributed by atoms with Gasteiger partial charge in [0.25, 0.3) is 5.91 Å². The molecule has 0 heterocycles. The van der Waals surface area contributed by atoms with E-state index in [1.54, 1.807) is 6.07 Å². The third-order valence-electron chi connectivity index (χ3n) is 3.12. The maximum atomic E-state index is 11.7. The zero-order chi connectivity index (χ0) is 15.1. The average molecular weight is 279 g/mol. The van der Waals surface area contributed by atoms with Crippen LogP contribution in [0, 0.1) is 13.8 Å². The van der Waals surface area contributed by atoms with Gasteiger partial charge in [-0.3, -0.25) is 4.79 Å². The highest BCUT2D eigenvalue weighted by atomic mass is 16.5. The minimum absolute atomic E-state index is 0.183. The number of carboxylic acid groups (broad SMARTS) is 1. The van der Waals surface area contributed by atoms with E-state index in [0.29, 0.717) is 18.6 Å². The van der Waals surface area contributed by atoms with Crippen molar-refractivity contribution in [3.05, 3.63) is 29.3 Å². The largest absolute Gasteiger partial charge is 0.483 e. The topological polar surface area (TPSA) is 75.6 Å². The van der Waals surface area contributed by atoms with Gasteiger partial charge in [0.05, 0.1) is 0 Å². The molecule has 0 bridgehead atoms. The van der Waals surface area contributed by atoms with Gasteiger partial charge < -0.3 is 15.2 Å². The number of nitrogens with one attached hydrogen (secondary N) is 1. The van der Waals surface area contributed by atoms with Gasteiger partial charge in [-0.25, -0.2) is 4.79 Å². The summed E-state index contributed by atoms with van der Waals surface area (Å²) in [5, 5.41) is 11.4. The molecule has 20 heavy (non-hydrogen) atoms. The lowest BCUT2D eigenvalue weighted by molar-refractivity contribution is -0.142. The van der Waals surface area contributed by atoms with E-state index in [4.69, 9.17) is 9.84 Å². The lowest BCUT2D eigenvalue weighted by Gasteiger charge is -2.15. The number of amides is 1. The first kappa shape index (κ1) is 16.0. The molecule has 1 aromatic rings. The summed E-state index contributed by atoms with van der Waals surface area (Å²) in [6, 6.07) is 4.75. The molecule has 1 aromatic carbocycles. The average Bonchev–Trinajstić information content (AvgIpc) is 2.40. The molecule has 0 spiro atoms. The van der Waals surface area contributed by atoms with Crippen molar-refractivity contribution in [1.29, 1.82) is 0 Å². The van der Waals surface area contributed by atoms with Crippen molar-refractivity contribution in [1.82, 2.24) is 5.32 Å². The molecule has 0 radical (unpaired) electrons. The Labute approximate surface area is 118 Å². The maximum Gasteiger partial charge on any atom is 0.326 e. The highest BCUT2D eigenvalue weighted by molar-refractivity contribution is 5.84. The normalized spacial score (nSPS) is 11.8. The second-order valence-corrected chi connectivity index (χ2v) is 4.73. The Balaban J connectivity index is 2.54. The van der Waals surface area contributed by atoms with Crippen LogP contribution < -0.4 is 10.1 Å². The van der Waals surface area contributed by atoms with Crippen LogP contribution in [0.2, 0.25) is 0 Å². The maximum absolute atomic E-state index is 11.7. The highest BCUT2D eigenvalue weighted by Gasteiger charge is 2.19. The molecule has 0 saturated carbocycles. The van der Waals surface area contributed by atoms with Crippen LogP contribution in [-0.4, -0.2) is 29.6 Å². The summed E-state index contributed by atoms with van der Waals surface area (Å²) in [5.74, 6) is -0.804. The number of ether oxygens (including phenoxy) is 1. The molecule has 5 heteroatoms. The van der Waals surface area contributed by atoms with Crippen LogP contribution in [0.25, 0.3) is 0 Å². The van der Waals surface area contributed by atoms with Crippen LogP contribution in [0.3, 0.4) is 0 Å². The van der Waals surface area contributed by atoms with E-state index < -0.39 is 17.9 Å². The Morgan fingerprint density at radius 1 is 1.35 bits per heavy atom. The van der Waals surface area contributed by atoms with Gasteiger partial charge in [0.2, 0.25) is 0 Å². The lowest BCUT2D eigenvalue weighted by atomic mass is 10.1. The van der Waals surface area contributed by atoms with Crippen LogP contribution in [0.5, 0.6) is 5.75 Å². The second-order valence-electron chi connectivity index (χ2n) is 4.73. The molecular weight excluding hydrogens is 258 g/mol. The number of rotatable bonds is 7. The van der Waals surface area contributed by atoms with Crippen LogP contribution in [-0.2, 0) is 9.59 Å². The fourth-order valence-corrected chi connectivity index (χ4v) is 1.81. The van der Waals surface area contributed by atoms with Crippen molar-refractivity contribution in [2.45, 2.75) is 39.7 Å². The summed E-state index contributed by atoms with van der Waals surface area (Å²) in [6.45, 7) is 5.57. The lowest BCUT2D eigenvalue weighted by Crippen LogP contribution is -2.42. The van der Waals surface area contributed by atoms with Gasteiger partial charge in [0.1, 0.15) is 11.8 Å². The van der Waals surface area contributed by atoms with Crippen molar-refractivity contribution in [2.75, 3.05) is 6.61 Å². The Kier molecular flexibility index (Phi) is 6.03. The Morgan fingerprint density at radius 3 is 2.65 bits per heavy atom. The fraction of sp³-hybridized carbons (Fsp3) is 0.467. The van der Waals surface area contributed by atoms with Crippen molar-refractivity contribution in [2.24, 2.45) is 0 Å². The molecule has 0 aliphatic carbocycles. The fourth-order valence-electron chi connectivity index (χ4n) is 1.81. The van der Waals surface area contributed by atoms with Gasteiger partial charge >= 0.3 is 5.97 Å². The number of carbonyl (C=O) groups excluding carboxylic acids is 1. The Bertz CT molecular complexity index is 485. The molecular formula is C15H21NO4. The number of benzene rings is 1. The van der Waals surface area contributed by atoms with Crippen LogP contribution >= 0.6 is 0 Å². The predicted octanol–water partition coefficient (Wildman–Crippen LogP) is 2.05. The van der Waals surface area contributed by atoms with E-state index in [9.17, 15) is 9.59 Å². The first-order valence-electron chi connectivity index (χ1n) is 6.66. The third kappa shape index (κ3) is 4.57. The van der Waals surface area contributed by atoms with Gasteiger partial charge in [0.15, 0.2) is 6.61 Å². The monoisotopic (exact) mass is 279 g/mol. The SMILES string of the molecule is CCC[C@@H](NC(=O)COc1cccc(C)c1C)C(=O)O. The summed E-state index contributed by atoms with van der Waals surface area (Å²) in [7, 11) is 0. The number of hydrogen-bond acceptors (Lipinski definition) is 3. The van der Waals surface area contributed by atoms with Crippen molar-refractivity contribution in [3.8, 4) is 5.75 Å². The number of aryl methyl sites for hydroxylation is 1. The van der Waals surface area contributed by atoms with E-state index >= 15 is 0 Å². The molecule has 0 aliphatic heterocycles. The zero-order valence-corrected chi connectivity index (χ0v) is 12.1. The summed E-state index contributed by atoms with van der Waals surface area (Å²) in [6.07, 6.45) is 1.10. The molecule has 1 rings (SSSR count). The summed E-state index contributed by atoms with van der Waals surface area (Å²) < 4.78 is 5.43. The van der Waals surface area contributed by atoms with E-state index in [-0.39, 0.29) is 6.61 Å². The molecule has 0 saturated heterocycles. The molecule has 0 fully saturated rings. The number of aliphatic carboxylic acids is 1. The van der Waals surface area contributed by atoms with Gasteiger partial charge in [0, 0.05) is 0 Å². The van der Waals surface area contributed by atoms with Crippen LogP contribution in [0.4, 0.5) is 0 Å². The first-order chi connectivity index (χ1) is 9.45. The quantitative estimate of drug-likeness (QED) is 0.801. The van der Waals surface area contributed by atoms with E-state index in [2.05, 4.69) is 5.32 Å². The molecule has 1 atom stereocenters. The minimum Gasteiger partial charge on any atom is -0.483 e. The van der Waals surface area contributed by atoms with Gasteiger partial charge in [-0.2, -0.15) is 0 Å². The number of carboxylic acids is 1. The highest BCUT2D eigenvalue weighted by Crippen LogP contribution is 2.20. The van der Waals surface area contributed by atoms with E-state index in [1.807, 2.05) is 32.9 Å². The van der Waals surface area contributed by atoms with Crippen LogP contribution in [0.1, 0.15) is 30.9 Å². The zero-order valence-electron chi connectivity index (χ0n) is 12.1. The molecule has 1 amide bonds. The van der Waals surface area contributed by atoms with Crippen molar-refractivity contribution in [3.63, 3.8) is 0 Å². The second kappa shape index (κ2) is 7.53. The van der Waals surface area contributed by atoms with E-state index in [1.165, 1.54) is 0 Å². The number of hydrogen-bond donors (Lipinski definition) is 2. The summed E-state index contributed by atoms with van der Waals surface area (Å²) in [4.78, 5) is 22.6.